The topological polar surface area (TPSA) is 76.9 Å². The summed E-state index contributed by atoms with van der Waals surface area (Å²) >= 11 is 1.36. The van der Waals surface area contributed by atoms with Gasteiger partial charge in [0.2, 0.25) is 0 Å². The summed E-state index contributed by atoms with van der Waals surface area (Å²) in [6.07, 6.45) is 1.68. The monoisotopic (exact) mass is 362 g/mol. The maximum atomic E-state index is 12.8. The van der Waals surface area contributed by atoms with Crippen molar-refractivity contribution in [3.05, 3.63) is 32.9 Å². The van der Waals surface area contributed by atoms with E-state index in [0.29, 0.717) is 55.8 Å². The van der Waals surface area contributed by atoms with Crippen LogP contribution in [0.5, 0.6) is 11.5 Å². The van der Waals surface area contributed by atoms with Gasteiger partial charge < -0.3 is 19.3 Å². The van der Waals surface area contributed by atoms with Gasteiger partial charge in [-0.2, -0.15) is 5.10 Å². The molecule has 0 saturated carbocycles. The first-order chi connectivity index (χ1) is 12.1. The van der Waals surface area contributed by atoms with Crippen molar-refractivity contribution in [3.8, 4) is 11.5 Å². The largest absolute Gasteiger partial charge is 0.485 e. The maximum Gasteiger partial charge on any atom is 0.268 e. The molecule has 4 rings (SSSR count). The average Bonchev–Trinajstić information content (AvgIpc) is 3.08. The molecule has 1 saturated heterocycles. The van der Waals surface area contributed by atoms with E-state index < -0.39 is 0 Å². The zero-order chi connectivity index (χ0) is 17.4. The highest BCUT2D eigenvalue weighted by atomic mass is 32.1. The molecule has 0 atom stereocenters. The third-order valence-electron chi connectivity index (χ3n) is 4.38. The Morgan fingerprint density at radius 1 is 1.20 bits per heavy atom. The van der Waals surface area contributed by atoms with Gasteiger partial charge in [0, 0.05) is 44.7 Å². The number of fused-ring (bicyclic) bond motifs is 1. The molecular weight excluding hydrogens is 344 g/mol. The SMILES string of the molecule is Cn1ncc(N2CCN(C(=O)c3scc4c3OCCO4)CC2)cc1=O. The number of ether oxygens (including phenoxy) is 2. The number of carbonyl (C=O) groups is 1. The number of carbonyl (C=O) groups excluding carboxylic acids is 1. The number of hydrogen-bond acceptors (Lipinski definition) is 7. The summed E-state index contributed by atoms with van der Waals surface area (Å²) in [6, 6.07) is 1.57. The molecule has 2 aromatic rings. The van der Waals surface area contributed by atoms with Crippen molar-refractivity contribution in [2.75, 3.05) is 44.3 Å². The summed E-state index contributed by atoms with van der Waals surface area (Å²) in [4.78, 5) is 29.0. The molecule has 0 unspecified atom stereocenters. The number of aryl methyl sites for hydroxylation is 1. The number of anilines is 1. The summed E-state index contributed by atoms with van der Waals surface area (Å²) < 4.78 is 12.4. The number of piperazine rings is 1. The molecule has 2 aromatic heterocycles. The van der Waals surface area contributed by atoms with Crippen LogP contribution in [0.2, 0.25) is 0 Å². The Balaban J connectivity index is 1.45. The van der Waals surface area contributed by atoms with Gasteiger partial charge in [-0.05, 0) is 0 Å². The highest BCUT2D eigenvalue weighted by molar-refractivity contribution is 7.12. The van der Waals surface area contributed by atoms with Gasteiger partial charge in [-0.15, -0.1) is 11.3 Å². The van der Waals surface area contributed by atoms with Gasteiger partial charge in [0.15, 0.2) is 11.5 Å². The van der Waals surface area contributed by atoms with Gasteiger partial charge in [0.05, 0.1) is 11.9 Å². The molecule has 8 nitrogen and oxygen atoms in total. The van der Waals surface area contributed by atoms with Crippen LogP contribution in [-0.4, -0.2) is 60.0 Å². The van der Waals surface area contributed by atoms with Crippen LogP contribution in [0.4, 0.5) is 5.69 Å². The summed E-state index contributed by atoms with van der Waals surface area (Å²) in [6.45, 7) is 3.47. The fourth-order valence-corrected chi connectivity index (χ4v) is 3.85. The second kappa shape index (κ2) is 6.40. The highest BCUT2D eigenvalue weighted by Crippen LogP contribution is 2.40. The van der Waals surface area contributed by atoms with E-state index in [-0.39, 0.29) is 11.5 Å². The molecule has 9 heteroatoms. The third kappa shape index (κ3) is 2.95. The van der Waals surface area contributed by atoms with Gasteiger partial charge >= 0.3 is 0 Å². The number of hydrogen-bond donors (Lipinski definition) is 0. The highest BCUT2D eigenvalue weighted by Gasteiger charge is 2.29. The van der Waals surface area contributed by atoms with E-state index in [1.807, 2.05) is 10.3 Å². The van der Waals surface area contributed by atoms with Crippen molar-refractivity contribution in [1.29, 1.82) is 0 Å². The van der Waals surface area contributed by atoms with Crippen LogP contribution < -0.4 is 19.9 Å². The number of thiophene rings is 1. The molecule has 0 aromatic carbocycles. The Labute approximate surface area is 148 Å². The fourth-order valence-electron chi connectivity index (χ4n) is 2.95. The first kappa shape index (κ1) is 15.9. The van der Waals surface area contributed by atoms with Gasteiger partial charge in [-0.1, -0.05) is 0 Å². The Bertz CT molecular complexity index is 854. The van der Waals surface area contributed by atoms with Crippen molar-refractivity contribution in [2.45, 2.75) is 0 Å². The molecule has 1 fully saturated rings. The number of nitrogens with zero attached hydrogens (tertiary/aromatic N) is 4. The maximum absolute atomic E-state index is 12.8. The van der Waals surface area contributed by atoms with Crippen LogP contribution in [-0.2, 0) is 7.05 Å². The Morgan fingerprint density at radius 2 is 1.96 bits per heavy atom. The Morgan fingerprint density at radius 3 is 2.72 bits per heavy atom. The van der Waals surface area contributed by atoms with Crippen LogP contribution in [0.3, 0.4) is 0 Å². The second-order valence-corrected chi connectivity index (χ2v) is 6.79. The minimum absolute atomic E-state index is 0.0292. The molecule has 4 heterocycles. The molecule has 2 aliphatic heterocycles. The van der Waals surface area contributed by atoms with E-state index in [0.717, 1.165) is 5.69 Å². The molecule has 2 aliphatic rings. The lowest BCUT2D eigenvalue weighted by molar-refractivity contribution is 0.0743. The first-order valence-corrected chi connectivity index (χ1v) is 8.96. The minimum atomic E-state index is -0.140. The summed E-state index contributed by atoms with van der Waals surface area (Å²) in [5.41, 5.74) is 0.652. The zero-order valence-corrected chi connectivity index (χ0v) is 14.6. The van der Waals surface area contributed by atoms with E-state index in [9.17, 15) is 9.59 Å². The number of rotatable bonds is 2. The summed E-state index contributed by atoms with van der Waals surface area (Å²) in [5.74, 6) is 1.20. The van der Waals surface area contributed by atoms with Crippen LogP contribution in [0.25, 0.3) is 0 Å². The van der Waals surface area contributed by atoms with Gasteiger partial charge in [-0.3, -0.25) is 9.59 Å². The van der Waals surface area contributed by atoms with Gasteiger partial charge in [0.25, 0.3) is 11.5 Å². The predicted octanol–water partition coefficient (Wildman–Crippen LogP) is 0.575. The minimum Gasteiger partial charge on any atom is -0.485 e. The first-order valence-electron chi connectivity index (χ1n) is 8.08. The predicted molar refractivity (Wildman–Crippen MR) is 92.9 cm³/mol. The molecule has 25 heavy (non-hydrogen) atoms. The Hall–Kier alpha value is -2.55. The van der Waals surface area contributed by atoms with E-state index >= 15 is 0 Å². The van der Waals surface area contributed by atoms with Gasteiger partial charge in [0.1, 0.15) is 18.1 Å². The normalized spacial score (nSPS) is 16.8. The third-order valence-corrected chi connectivity index (χ3v) is 5.31. The number of aromatic nitrogens is 2. The number of amides is 1. The van der Waals surface area contributed by atoms with E-state index in [1.54, 1.807) is 19.3 Å². The lowest BCUT2D eigenvalue weighted by atomic mass is 10.2. The van der Waals surface area contributed by atoms with E-state index in [2.05, 4.69) is 10.00 Å². The smallest absolute Gasteiger partial charge is 0.268 e. The zero-order valence-electron chi connectivity index (χ0n) is 13.8. The standard InChI is InChI=1S/C16H18N4O4S/c1-18-13(21)8-11(9-17-18)19-2-4-20(5-3-19)16(22)15-14-12(10-25-15)23-6-7-24-14/h8-10H,2-7H2,1H3. The van der Waals surface area contributed by atoms with Crippen molar-refractivity contribution >= 4 is 22.9 Å². The quantitative estimate of drug-likeness (QED) is 0.778. The van der Waals surface area contributed by atoms with Crippen molar-refractivity contribution in [1.82, 2.24) is 14.7 Å². The average molecular weight is 362 g/mol. The second-order valence-electron chi connectivity index (χ2n) is 5.91. The van der Waals surface area contributed by atoms with Crippen LogP contribution in [0, 0.1) is 0 Å². The van der Waals surface area contributed by atoms with Crippen molar-refractivity contribution < 1.29 is 14.3 Å². The molecule has 132 valence electrons. The molecule has 0 spiro atoms. The van der Waals surface area contributed by atoms with Crippen LogP contribution in [0.15, 0.2) is 22.4 Å². The van der Waals surface area contributed by atoms with Crippen LogP contribution >= 0.6 is 11.3 Å². The fraction of sp³-hybridized carbons (Fsp3) is 0.438. The molecular formula is C16H18N4O4S. The van der Waals surface area contributed by atoms with E-state index in [1.165, 1.54) is 16.0 Å². The molecule has 0 radical (unpaired) electrons. The lowest BCUT2D eigenvalue weighted by Crippen LogP contribution is -2.49. The molecule has 0 bridgehead atoms. The lowest BCUT2D eigenvalue weighted by Gasteiger charge is -2.35. The molecule has 0 aliphatic carbocycles. The summed E-state index contributed by atoms with van der Waals surface area (Å²) in [5, 5.41) is 5.87. The molecule has 1 amide bonds. The summed E-state index contributed by atoms with van der Waals surface area (Å²) in [7, 11) is 1.62. The van der Waals surface area contributed by atoms with Crippen LogP contribution in [0.1, 0.15) is 9.67 Å². The van der Waals surface area contributed by atoms with Crippen molar-refractivity contribution in [3.63, 3.8) is 0 Å². The Kier molecular flexibility index (Phi) is 4.08. The molecule has 0 N–H and O–H groups in total. The van der Waals surface area contributed by atoms with Crippen molar-refractivity contribution in [2.24, 2.45) is 7.05 Å². The van der Waals surface area contributed by atoms with Gasteiger partial charge in [-0.25, -0.2) is 4.68 Å². The van der Waals surface area contributed by atoms with E-state index in [4.69, 9.17) is 9.47 Å².